The van der Waals surface area contributed by atoms with Crippen molar-refractivity contribution in [3.8, 4) is 5.75 Å². The van der Waals surface area contributed by atoms with E-state index in [2.05, 4.69) is 16.0 Å². The van der Waals surface area contributed by atoms with E-state index in [1.165, 1.54) is 23.1 Å². The number of furan rings is 1. The summed E-state index contributed by atoms with van der Waals surface area (Å²) < 4.78 is 12.4. The molecule has 0 aliphatic heterocycles. The van der Waals surface area contributed by atoms with Crippen molar-refractivity contribution in [3.05, 3.63) is 71.9 Å². The number of amides is 2. The van der Waals surface area contributed by atoms with Crippen molar-refractivity contribution in [2.24, 2.45) is 7.05 Å². The number of hydrogen-bond donors (Lipinski definition) is 2. The topological polar surface area (TPSA) is 98.4 Å². The highest BCUT2D eigenvalue weighted by Gasteiger charge is 2.14. The number of benzene rings is 1. The molecule has 0 aliphatic rings. The minimum atomic E-state index is -0.566. The van der Waals surface area contributed by atoms with E-state index in [0.717, 1.165) is 0 Å². The molecule has 1 aromatic carbocycles. The number of aryl methyl sites for hydroxylation is 1. The Kier molecular flexibility index (Phi) is 4.79. The van der Waals surface area contributed by atoms with E-state index in [4.69, 9.17) is 9.15 Å². The standard InChI is InChI=1S/C17H16N4O4/c1-21-10-12(9-18-21)16(22)19-20-17(23)15-8-7-14(25-15)11-24-13-5-3-2-4-6-13/h2-10H,11H2,1H3,(H,19,22)(H,20,23). The van der Waals surface area contributed by atoms with Gasteiger partial charge in [0.25, 0.3) is 5.91 Å². The first-order valence-corrected chi connectivity index (χ1v) is 7.48. The molecule has 8 heteroatoms. The van der Waals surface area contributed by atoms with Crippen molar-refractivity contribution in [1.82, 2.24) is 20.6 Å². The normalized spacial score (nSPS) is 10.3. The molecule has 0 saturated carbocycles. The molecule has 0 spiro atoms. The van der Waals surface area contributed by atoms with Gasteiger partial charge in [-0.2, -0.15) is 5.10 Å². The predicted octanol–water partition coefficient (Wildman–Crippen LogP) is 1.67. The highest BCUT2D eigenvalue weighted by atomic mass is 16.5. The summed E-state index contributed by atoms with van der Waals surface area (Å²) in [6, 6.07) is 12.4. The van der Waals surface area contributed by atoms with Gasteiger partial charge in [-0.15, -0.1) is 0 Å². The van der Waals surface area contributed by atoms with E-state index in [0.29, 0.717) is 17.1 Å². The Bertz CT molecular complexity index is 870. The molecule has 0 atom stereocenters. The molecule has 0 radical (unpaired) electrons. The number of nitrogens with one attached hydrogen (secondary N) is 2. The number of rotatable bonds is 5. The zero-order valence-electron chi connectivity index (χ0n) is 13.4. The first-order valence-electron chi connectivity index (χ1n) is 7.48. The molecule has 2 aromatic heterocycles. The monoisotopic (exact) mass is 340 g/mol. The maximum atomic E-state index is 12.0. The van der Waals surface area contributed by atoms with Crippen molar-refractivity contribution >= 4 is 11.8 Å². The van der Waals surface area contributed by atoms with Gasteiger partial charge in [0.1, 0.15) is 18.1 Å². The van der Waals surface area contributed by atoms with Crippen LogP contribution in [0, 0.1) is 0 Å². The molecule has 2 N–H and O–H groups in total. The second kappa shape index (κ2) is 7.35. The van der Waals surface area contributed by atoms with Crippen molar-refractivity contribution in [2.75, 3.05) is 0 Å². The van der Waals surface area contributed by atoms with Crippen LogP contribution < -0.4 is 15.6 Å². The summed E-state index contributed by atoms with van der Waals surface area (Å²) in [4.78, 5) is 23.8. The molecule has 0 bridgehead atoms. The zero-order valence-corrected chi connectivity index (χ0v) is 13.4. The van der Waals surface area contributed by atoms with Gasteiger partial charge in [0.2, 0.25) is 0 Å². The molecule has 128 valence electrons. The van der Waals surface area contributed by atoms with Crippen LogP contribution in [-0.2, 0) is 13.7 Å². The average molecular weight is 340 g/mol. The van der Waals surface area contributed by atoms with E-state index in [1.807, 2.05) is 30.3 Å². The number of ether oxygens (including phenoxy) is 1. The number of nitrogens with zero attached hydrogens (tertiary/aromatic N) is 2. The highest BCUT2D eigenvalue weighted by molar-refractivity contribution is 5.97. The summed E-state index contributed by atoms with van der Waals surface area (Å²) in [7, 11) is 1.69. The molecule has 25 heavy (non-hydrogen) atoms. The number of hydrazine groups is 1. The van der Waals surface area contributed by atoms with Crippen LogP contribution in [0.25, 0.3) is 0 Å². The second-order valence-electron chi connectivity index (χ2n) is 5.18. The summed E-state index contributed by atoms with van der Waals surface area (Å²) in [5, 5.41) is 3.88. The van der Waals surface area contributed by atoms with Crippen molar-refractivity contribution < 1.29 is 18.7 Å². The molecule has 2 amide bonds. The van der Waals surface area contributed by atoms with Crippen LogP contribution in [0.2, 0.25) is 0 Å². The third-order valence-corrected chi connectivity index (χ3v) is 3.27. The number of hydrogen-bond acceptors (Lipinski definition) is 5. The van der Waals surface area contributed by atoms with Crippen molar-refractivity contribution in [1.29, 1.82) is 0 Å². The summed E-state index contributed by atoms with van der Waals surface area (Å²) in [6.07, 6.45) is 2.93. The van der Waals surface area contributed by atoms with Crippen LogP contribution in [-0.4, -0.2) is 21.6 Å². The molecule has 0 aliphatic carbocycles. The SMILES string of the molecule is Cn1cc(C(=O)NNC(=O)c2ccc(COc3ccccc3)o2)cn1. The maximum absolute atomic E-state index is 12.0. The largest absolute Gasteiger partial charge is 0.486 e. The summed E-state index contributed by atoms with van der Waals surface area (Å²) in [5.41, 5.74) is 4.91. The van der Waals surface area contributed by atoms with Gasteiger partial charge in [-0.25, -0.2) is 0 Å². The summed E-state index contributed by atoms with van der Waals surface area (Å²) in [6.45, 7) is 0.194. The van der Waals surface area contributed by atoms with Gasteiger partial charge in [-0.1, -0.05) is 18.2 Å². The number of para-hydroxylation sites is 1. The Morgan fingerprint density at radius 3 is 2.60 bits per heavy atom. The quantitative estimate of drug-likeness (QED) is 0.689. The van der Waals surface area contributed by atoms with Gasteiger partial charge in [-0.05, 0) is 24.3 Å². The number of carbonyl (C=O) groups is 2. The molecule has 0 unspecified atom stereocenters. The Morgan fingerprint density at radius 1 is 1.12 bits per heavy atom. The lowest BCUT2D eigenvalue weighted by atomic mass is 10.3. The minimum absolute atomic E-state index is 0.0677. The lowest BCUT2D eigenvalue weighted by Gasteiger charge is -2.05. The van der Waals surface area contributed by atoms with E-state index in [1.54, 1.807) is 13.1 Å². The lowest BCUT2D eigenvalue weighted by molar-refractivity contribution is 0.0828. The molecule has 0 saturated heterocycles. The molecule has 0 fully saturated rings. The lowest BCUT2D eigenvalue weighted by Crippen LogP contribution is -2.41. The van der Waals surface area contributed by atoms with Gasteiger partial charge in [0.15, 0.2) is 5.76 Å². The Balaban J connectivity index is 1.51. The summed E-state index contributed by atoms with van der Waals surface area (Å²) >= 11 is 0. The molecule has 2 heterocycles. The Morgan fingerprint density at radius 2 is 1.88 bits per heavy atom. The van der Waals surface area contributed by atoms with E-state index in [9.17, 15) is 9.59 Å². The zero-order chi connectivity index (χ0) is 17.6. The molecule has 8 nitrogen and oxygen atoms in total. The Labute approximate surface area is 143 Å². The van der Waals surface area contributed by atoms with Crippen LogP contribution in [0.4, 0.5) is 0 Å². The highest BCUT2D eigenvalue weighted by Crippen LogP contribution is 2.13. The van der Waals surface area contributed by atoms with Crippen LogP contribution in [0.5, 0.6) is 5.75 Å². The fourth-order valence-corrected chi connectivity index (χ4v) is 2.03. The van der Waals surface area contributed by atoms with Crippen LogP contribution in [0.3, 0.4) is 0 Å². The molecular weight excluding hydrogens is 324 g/mol. The minimum Gasteiger partial charge on any atom is -0.486 e. The van der Waals surface area contributed by atoms with E-state index in [-0.39, 0.29) is 12.4 Å². The van der Waals surface area contributed by atoms with E-state index >= 15 is 0 Å². The number of carbonyl (C=O) groups excluding carboxylic acids is 2. The molecular formula is C17H16N4O4. The average Bonchev–Trinajstić information content (AvgIpc) is 3.27. The third kappa shape index (κ3) is 4.25. The second-order valence-corrected chi connectivity index (χ2v) is 5.18. The van der Waals surface area contributed by atoms with Crippen LogP contribution in [0.15, 0.2) is 59.3 Å². The maximum Gasteiger partial charge on any atom is 0.305 e. The fourth-order valence-electron chi connectivity index (χ4n) is 2.03. The predicted molar refractivity (Wildman–Crippen MR) is 87.6 cm³/mol. The van der Waals surface area contributed by atoms with Crippen molar-refractivity contribution in [2.45, 2.75) is 6.61 Å². The van der Waals surface area contributed by atoms with Gasteiger partial charge in [0, 0.05) is 13.2 Å². The van der Waals surface area contributed by atoms with Gasteiger partial charge < -0.3 is 9.15 Å². The first-order chi connectivity index (χ1) is 12.1. The first kappa shape index (κ1) is 16.3. The van der Waals surface area contributed by atoms with Gasteiger partial charge in [0.05, 0.1) is 11.8 Å². The summed E-state index contributed by atoms with van der Waals surface area (Å²) in [5.74, 6) is 0.225. The molecule has 3 rings (SSSR count). The fraction of sp³-hybridized carbons (Fsp3) is 0.118. The van der Waals surface area contributed by atoms with Crippen LogP contribution in [0.1, 0.15) is 26.7 Å². The van der Waals surface area contributed by atoms with Gasteiger partial charge in [-0.3, -0.25) is 25.1 Å². The van der Waals surface area contributed by atoms with Gasteiger partial charge >= 0.3 is 5.91 Å². The smallest absolute Gasteiger partial charge is 0.305 e. The van der Waals surface area contributed by atoms with Crippen molar-refractivity contribution in [3.63, 3.8) is 0 Å². The van der Waals surface area contributed by atoms with Crippen LogP contribution >= 0.6 is 0 Å². The third-order valence-electron chi connectivity index (χ3n) is 3.27. The van der Waals surface area contributed by atoms with E-state index < -0.39 is 11.8 Å². The molecule has 3 aromatic rings. The number of aromatic nitrogens is 2. The Hall–Kier alpha value is -3.55.